The van der Waals surface area contributed by atoms with Crippen molar-refractivity contribution >= 4 is 12.0 Å². The molecule has 0 fully saturated rings. The van der Waals surface area contributed by atoms with E-state index in [4.69, 9.17) is 9.47 Å². The zero-order valence-corrected chi connectivity index (χ0v) is 19.0. The van der Waals surface area contributed by atoms with Gasteiger partial charge in [0.25, 0.3) is 5.91 Å². The maximum atomic E-state index is 12.4. The zero-order valence-electron chi connectivity index (χ0n) is 19.0. The summed E-state index contributed by atoms with van der Waals surface area (Å²) in [5.41, 5.74) is 4.19. The van der Waals surface area contributed by atoms with Crippen LogP contribution in [0.3, 0.4) is 0 Å². The van der Waals surface area contributed by atoms with E-state index in [1.807, 2.05) is 49.4 Å². The number of nitriles is 1. The molecule has 0 spiro atoms. The van der Waals surface area contributed by atoms with E-state index < -0.39 is 0 Å². The van der Waals surface area contributed by atoms with Gasteiger partial charge in [0, 0.05) is 6.54 Å². The highest BCUT2D eigenvalue weighted by atomic mass is 16.5. The number of nitrogens with zero attached hydrogens (tertiary/aromatic N) is 1. The Kier molecular flexibility index (Phi) is 8.67. The van der Waals surface area contributed by atoms with Crippen LogP contribution in [0.4, 0.5) is 0 Å². The topological polar surface area (TPSA) is 71.3 Å². The first-order valence-electron chi connectivity index (χ1n) is 10.9. The van der Waals surface area contributed by atoms with Crippen molar-refractivity contribution in [2.45, 2.75) is 26.4 Å². The summed E-state index contributed by atoms with van der Waals surface area (Å²) in [5.74, 6) is 0.751. The number of amides is 1. The van der Waals surface area contributed by atoms with Gasteiger partial charge in [-0.3, -0.25) is 4.79 Å². The molecule has 0 atom stereocenters. The van der Waals surface area contributed by atoms with Gasteiger partial charge in [-0.1, -0.05) is 66.2 Å². The second-order valence-corrected chi connectivity index (χ2v) is 7.70. The van der Waals surface area contributed by atoms with Crippen LogP contribution in [0, 0.1) is 18.3 Å². The van der Waals surface area contributed by atoms with Crippen molar-refractivity contribution in [1.29, 1.82) is 5.26 Å². The maximum absolute atomic E-state index is 12.4. The van der Waals surface area contributed by atoms with E-state index in [1.54, 1.807) is 31.4 Å². The number of rotatable bonds is 10. The lowest BCUT2D eigenvalue weighted by atomic mass is 10.1. The smallest absolute Gasteiger partial charge is 0.261 e. The molecule has 1 N–H and O–H groups in total. The summed E-state index contributed by atoms with van der Waals surface area (Å²) in [6.07, 6.45) is 3.22. The minimum Gasteiger partial charge on any atom is -0.493 e. The van der Waals surface area contributed by atoms with E-state index in [9.17, 15) is 10.1 Å². The Morgan fingerprint density at radius 1 is 1.00 bits per heavy atom. The van der Waals surface area contributed by atoms with E-state index in [0.29, 0.717) is 30.2 Å². The van der Waals surface area contributed by atoms with Gasteiger partial charge in [0.15, 0.2) is 11.5 Å². The van der Waals surface area contributed by atoms with Gasteiger partial charge in [-0.05, 0) is 54.7 Å². The van der Waals surface area contributed by atoms with Gasteiger partial charge in [-0.15, -0.1) is 0 Å². The predicted molar refractivity (Wildman–Crippen MR) is 130 cm³/mol. The molecule has 0 bridgehead atoms. The van der Waals surface area contributed by atoms with E-state index >= 15 is 0 Å². The van der Waals surface area contributed by atoms with Gasteiger partial charge in [0.1, 0.15) is 18.2 Å². The third-order valence-corrected chi connectivity index (χ3v) is 5.11. The van der Waals surface area contributed by atoms with Crippen LogP contribution in [0.2, 0.25) is 0 Å². The molecule has 0 unspecified atom stereocenters. The van der Waals surface area contributed by atoms with Crippen molar-refractivity contribution in [3.05, 3.63) is 101 Å². The Bertz CT molecular complexity index is 1150. The zero-order chi connectivity index (χ0) is 23.5. The SMILES string of the molecule is COc1cc(/C=C(/C#N)C(=O)NCCCc2ccccc2)ccc1OCc1cccc(C)c1. The van der Waals surface area contributed by atoms with Gasteiger partial charge >= 0.3 is 0 Å². The minimum atomic E-state index is -0.385. The summed E-state index contributed by atoms with van der Waals surface area (Å²) in [7, 11) is 1.56. The molecule has 5 nitrogen and oxygen atoms in total. The highest BCUT2D eigenvalue weighted by molar-refractivity contribution is 6.01. The lowest BCUT2D eigenvalue weighted by molar-refractivity contribution is -0.117. The van der Waals surface area contributed by atoms with Crippen LogP contribution in [-0.2, 0) is 17.8 Å². The van der Waals surface area contributed by atoms with E-state index in [1.165, 1.54) is 11.1 Å². The fourth-order valence-electron chi connectivity index (χ4n) is 3.41. The Morgan fingerprint density at radius 3 is 2.52 bits per heavy atom. The molecule has 33 heavy (non-hydrogen) atoms. The van der Waals surface area contributed by atoms with Gasteiger partial charge in [0.2, 0.25) is 0 Å². The summed E-state index contributed by atoms with van der Waals surface area (Å²) in [6.45, 7) is 2.96. The third-order valence-electron chi connectivity index (χ3n) is 5.11. The summed E-state index contributed by atoms with van der Waals surface area (Å²) >= 11 is 0. The number of carbonyl (C=O) groups excluding carboxylic acids is 1. The quantitative estimate of drug-likeness (QED) is 0.266. The monoisotopic (exact) mass is 440 g/mol. The van der Waals surface area contributed by atoms with Crippen LogP contribution in [0.5, 0.6) is 11.5 Å². The number of hydrogen-bond acceptors (Lipinski definition) is 4. The number of benzene rings is 3. The summed E-state index contributed by atoms with van der Waals surface area (Å²) in [5, 5.41) is 12.3. The first-order valence-corrected chi connectivity index (χ1v) is 10.9. The first-order chi connectivity index (χ1) is 16.1. The molecule has 0 radical (unpaired) electrons. The van der Waals surface area contributed by atoms with Crippen LogP contribution in [0.1, 0.15) is 28.7 Å². The normalized spacial score (nSPS) is 10.9. The number of methoxy groups -OCH3 is 1. The highest BCUT2D eigenvalue weighted by Crippen LogP contribution is 2.29. The van der Waals surface area contributed by atoms with Crippen molar-refractivity contribution in [2.24, 2.45) is 0 Å². The van der Waals surface area contributed by atoms with Crippen molar-refractivity contribution < 1.29 is 14.3 Å². The van der Waals surface area contributed by atoms with Crippen molar-refractivity contribution in [1.82, 2.24) is 5.32 Å². The summed E-state index contributed by atoms with van der Waals surface area (Å²) in [6, 6.07) is 25.5. The molecule has 0 saturated heterocycles. The largest absolute Gasteiger partial charge is 0.493 e. The second-order valence-electron chi connectivity index (χ2n) is 7.70. The second kappa shape index (κ2) is 12.1. The fourth-order valence-corrected chi connectivity index (χ4v) is 3.41. The first kappa shape index (κ1) is 23.6. The van der Waals surface area contributed by atoms with Crippen molar-refractivity contribution in [3.8, 4) is 17.6 Å². The molecule has 0 aliphatic rings. The Labute approximate surface area is 195 Å². The molecule has 0 heterocycles. The van der Waals surface area contributed by atoms with Gasteiger partial charge < -0.3 is 14.8 Å². The number of nitrogens with one attached hydrogen (secondary N) is 1. The molecule has 168 valence electrons. The lowest BCUT2D eigenvalue weighted by Gasteiger charge is -2.12. The molecule has 0 aliphatic heterocycles. The molecular formula is C28H28N2O3. The molecule has 0 aromatic heterocycles. The third kappa shape index (κ3) is 7.26. The summed E-state index contributed by atoms with van der Waals surface area (Å²) < 4.78 is 11.4. The average Bonchev–Trinajstić information content (AvgIpc) is 2.84. The molecule has 1 amide bonds. The Balaban J connectivity index is 1.59. The predicted octanol–water partition coefficient (Wildman–Crippen LogP) is 5.24. The van der Waals surface area contributed by atoms with Crippen LogP contribution >= 0.6 is 0 Å². The maximum Gasteiger partial charge on any atom is 0.261 e. The van der Waals surface area contributed by atoms with Gasteiger partial charge in [0.05, 0.1) is 7.11 Å². The van der Waals surface area contributed by atoms with E-state index in [2.05, 4.69) is 23.5 Å². The fraction of sp³-hybridized carbons (Fsp3) is 0.214. The molecule has 0 saturated carbocycles. The number of hydrogen-bond donors (Lipinski definition) is 1. The molecule has 3 aromatic carbocycles. The number of carbonyl (C=O) groups is 1. The van der Waals surface area contributed by atoms with E-state index in [-0.39, 0.29) is 11.5 Å². The number of aryl methyl sites for hydroxylation is 2. The minimum absolute atomic E-state index is 0.0465. The van der Waals surface area contributed by atoms with Crippen molar-refractivity contribution in [3.63, 3.8) is 0 Å². The van der Waals surface area contributed by atoms with Crippen molar-refractivity contribution in [2.75, 3.05) is 13.7 Å². The van der Waals surface area contributed by atoms with E-state index in [0.717, 1.165) is 18.4 Å². The number of ether oxygens (including phenoxy) is 2. The van der Waals surface area contributed by atoms with Crippen LogP contribution in [0.25, 0.3) is 6.08 Å². The molecule has 0 aliphatic carbocycles. The molecular weight excluding hydrogens is 412 g/mol. The highest BCUT2D eigenvalue weighted by Gasteiger charge is 2.11. The van der Waals surface area contributed by atoms with Crippen LogP contribution in [0.15, 0.2) is 78.4 Å². The molecule has 3 rings (SSSR count). The van der Waals surface area contributed by atoms with Gasteiger partial charge in [-0.25, -0.2) is 0 Å². The average molecular weight is 441 g/mol. The Morgan fingerprint density at radius 2 is 1.79 bits per heavy atom. The summed E-state index contributed by atoms with van der Waals surface area (Å²) in [4.78, 5) is 12.4. The van der Waals surface area contributed by atoms with Gasteiger partial charge in [-0.2, -0.15) is 5.26 Å². The molecule has 5 heteroatoms. The van der Waals surface area contributed by atoms with Crippen LogP contribution in [-0.4, -0.2) is 19.6 Å². The lowest BCUT2D eigenvalue weighted by Crippen LogP contribution is -2.25. The Hall–Kier alpha value is -4.04. The molecule has 3 aromatic rings. The standard InChI is InChI=1S/C28H28N2O3/c1-21-8-6-11-24(16-21)20-33-26-14-13-23(18-27(26)32-2)17-25(19-29)28(31)30-15-7-12-22-9-4-3-5-10-22/h3-6,8-11,13-14,16-18H,7,12,15,20H2,1-2H3,(H,30,31)/b25-17-. The van der Waals surface area contributed by atoms with Crippen LogP contribution < -0.4 is 14.8 Å².